The quantitative estimate of drug-likeness (QED) is 0.395. The van der Waals surface area contributed by atoms with Crippen LogP contribution in [0.15, 0.2) is 47.8 Å². The number of ether oxygens (including phenoxy) is 3. The molecule has 2 aromatic heterocycles. The normalized spacial score (nSPS) is 10.8. The second-order valence-corrected chi connectivity index (χ2v) is 7.91. The minimum atomic E-state index is -0.526. The third-order valence-electron chi connectivity index (χ3n) is 4.93. The van der Waals surface area contributed by atoms with Crippen molar-refractivity contribution in [3.63, 3.8) is 0 Å². The Kier molecular flexibility index (Phi) is 6.55. The van der Waals surface area contributed by atoms with E-state index in [1.807, 2.05) is 48.7 Å². The van der Waals surface area contributed by atoms with Crippen molar-refractivity contribution in [1.82, 2.24) is 14.5 Å². The molecule has 170 valence electrons. The van der Waals surface area contributed by atoms with E-state index in [4.69, 9.17) is 14.2 Å². The number of thiazole rings is 1. The Balaban J connectivity index is 1.34. The lowest BCUT2D eigenvalue weighted by Gasteiger charge is -2.08. The zero-order valence-corrected chi connectivity index (χ0v) is 19.1. The number of aromatic nitrogens is 3. The van der Waals surface area contributed by atoms with E-state index in [1.54, 1.807) is 24.9 Å². The van der Waals surface area contributed by atoms with Crippen LogP contribution >= 0.6 is 11.3 Å². The first kappa shape index (κ1) is 22.3. The molecule has 1 N–H and O–H groups in total. The van der Waals surface area contributed by atoms with Gasteiger partial charge in [-0.15, -0.1) is 11.3 Å². The van der Waals surface area contributed by atoms with Crippen molar-refractivity contribution in [3.05, 3.63) is 53.7 Å². The Hall–Kier alpha value is -3.92. The number of esters is 1. The summed E-state index contributed by atoms with van der Waals surface area (Å²) in [5.74, 6) is 0.903. The molecule has 4 aromatic rings. The van der Waals surface area contributed by atoms with Crippen molar-refractivity contribution in [2.24, 2.45) is 0 Å². The summed E-state index contributed by atoms with van der Waals surface area (Å²) in [6, 6.07) is 13.0. The highest BCUT2D eigenvalue weighted by molar-refractivity contribution is 7.14. The number of amides is 1. The fourth-order valence-electron chi connectivity index (χ4n) is 3.33. The molecule has 0 spiro atoms. The first-order chi connectivity index (χ1) is 16.0. The van der Waals surface area contributed by atoms with E-state index in [9.17, 15) is 9.59 Å². The summed E-state index contributed by atoms with van der Waals surface area (Å²) in [7, 11) is 3.13. The van der Waals surface area contributed by atoms with Gasteiger partial charge in [-0.3, -0.25) is 14.9 Å². The predicted molar refractivity (Wildman–Crippen MR) is 125 cm³/mol. The fourth-order valence-corrected chi connectivity index (χ4v) is 4.07. The van der Waals surface area contributed by atoms with Gasteiger partial charge in [0.25, 0.3) is 5.91 Å². The van der Waals surface area contributed by atoms with Crippen LogP contribution in [-0.2, 0) is 20.9 Å². The Bertz CT molecular complexity index is 1310. The Morgan fingerprint density at radius 2 is 1.85 bits per heavy atom. The van der Waals surface area contributed by atoms with E-state index in [1.165, 1.54) is 11.3 Å². The number of anilines is 1. The number of hydrogen-bond acceptors (Lipinski definition) is 8. The molecule has 0 saturated carbocycles. The number of nitrogens with one attached hydrogen (secondary N) is 1. The summed E-state index contributed by atoms with van der Waals surface area (Å²) >= 11 is 1.27. The molecule has 33 heavy (non-hydrogen) atoms. The first-order valence-electron chi connectivity index (χ1n) is 10.0. The molecule has 0 bridgehead atoms. The Labute approximate surface area is 193 Å². The average molecular weight is 467 g/mol. The van der Waals surface area contributed by atoms with Crippen LogP contribution in [0.1, 0.15) is 5.82 Å². The zero-order valence-electron chi connectivity index (χ0n) is 18.3. The molecule has 0 aliphatic carbocycles. The lowest BCUT2D eigenvalue weighted by Crippen LogP contribution is -2.23. The minimum absolute atomic E-state index is 0.0275. The molecule has 0 atom stereocenters. The number of fused-ring (bicyclic) bond motifs is 1. The van der Waals surface area contributed by atoms with Gasteiger partial charge in [0.2, 0.25) is 0 Å². The molecule has 0 fully saturated rings. The molecule has 9 nitrogen and oxygen atoms in total. The van der Waals surface area contributed by atoms with Crippen LogP contribution in [0.3, 0.4) is 0 Å². The van der Waals surface area contributed by atoms with Gasteiger partial charge < -0.3 is 18.8 Å². The van der Waals surface area contributed by atoms with Gasteiger partial charge in [0, 0.05) is 10.9 Å². The summed E-state index contributed by atoms with van der Waals surface area (Å²) in [4.78, 5) is 33.4. The second kappa shape index (κ2) is 9.70. The van der Waals surface area contributed by atoms with Gasteiger partial charge >= 0.3 is 5.97 Å². The minimum Gasteiger partial charge on any atom is -0.493 e. The van der Waals surface area contributed by atoms with Gasteiger partial charge in [-0.05, 0) is 37.3 Å². The molecule has 2 heterocycles. The number of benzene rings is 2. The average Bonchev–Trinajstić information content (AvgIpc) is 3.41. The molecule has 0 aliphatic heterocycles. The van der Waals surface area contributed by atoms with Crippen LogP contribution in [0.4, 0.5) is 5.13 Å². The number of imidazole rings is 1. The van der Waals surface area contributed by atoms with Gasteiger partial charge in [0.1, 0.15) is 12.4 Å². The molecule has 1 amide bonds. The Morgan fingerprint density at radius 3 is 2.64 bits per heavy atom. The van der Waals surface area contributed by atoms with Crippen LogP contribution in [0.5, 0.6) is 11.5 Å². The van der Waals surface area contributed by atoms with E-state index in [0.717, 1.165) is 16.6 Å². The summed E-state index contributed by atoms with van der Waals surface area (Å²) in [5, 5.41) is 4.87. The smallest absolute Gasteiger partial charge is 0.326 e. The summed E-state index contributed by atoms with van der Waals surface area (Å²) in [6.45, 7) is 1.38. The number of carbonyl (C=O) groups is 2. The van der Waals surface area contributed by atoms with E-state index >= 15 is 0 Å². The highest BCUT2D eigenvalue weighted by Crippen LogP contribution is 2.33. The molecular weight excluding hydrogens is 444 g/mol. The van der Waals surface area contributed by atoms with Gasteiger partial charge in [0.15, 0.2) is 23.2 Å². The van der Waals surface area contributed by atoms with E-state index in [2.05, 4.69) is 15.3 Å². The standard InChI is InChI=1S/C23H22N4O5S/c1-14-24-16-6-4-5-7-18(16)27(14)11-22(29)32-12-21(28)26-23-25-17(13-33-23)15-8-9-19(30-2)20(10-15)31-3/h4-10,13H,11-12H2,1-3H3,(H,25,26,28). The zero-order chi connectivity index (χ0) is 23.4. The number of para-hydroxylation sites is 2. The molecular formula is C23H22N4O5S. The van der Waals surface area contributed by atoms with E-state index < -0.39 is 18.5 Å². The van der Waals surface area contributed by atoms with Crippen molar-refractivity contribution < 1.29 is 23.8 Å². The fraction of sp³-hybridized carbons (Fsp3) is 0.217. The second-order valence-electron chi connectivity index (χ2n) is 7.05. The Morgan fingerprint density at radius 1 is 1.06 bits per heavy atom. The van der Waals surface area contributed by atoms with Crippen molar-refractivity contribution >= 4 is 39.4 Å². The lowest BCUT2D eigenvalue weighted by atomic mass is 10.1. The SMILES string of the molecule is COc1ccc(-c2csc(NC(=O)COC(=O)Cn3c(C)nc4ccccc43)n2)cc1OC. The van der Waals surface area contributed by atoms with Crippen LogP contribution in [0, 0.1) is 6.92 Å². The van der Waals surface area contributed by atoms with Gasteiger partial charge in [0.05, 0.1) is 30.9 Å². The number of hydrogen-bond donors (Lipinski definition) is 1. The van der Waals surface area contributed by atoms with E-state index in [-0.39, 0.29) is 6.54 Å². The van der Waals surface area contributed by atoms with Crippen molar-refractivity contribution in [1.29, 1.82) is 0 Å². The summed E-state index contributed by atoms with van der Waals surface area (Å²) in [5.41, 5.74) is 3.13. The third-order valence-corrected chi connectivity index (χ3v) is 5.68. The van der Waals surface area contributed by atoms with Crippen LogP contribution in [0.25, 0.3) is 22.3 Å². The van der Waals surface area contributed by atoms with Crippen molar-refractivity contribution in [2.45, 2.75) is 13.5 Å². The first-order valence-corrected chi connectivity index (χ1v) is 10.9. The van der Waals surface area contributed by atoms with Gasteiger partial charge in [-0.1, -0.05) is 12.1 Å². The largest absolute Gasteiger partial charge is 0.493 e. The number of aryl methyl sites for hydroxylation is 1. The maximum absolute atomic E-state index is 12.3. The predicted octanol–water partition coefficient (Wildman–Crippen LogP) is 3.67. The van der Waals surface area contributed by atoms with Gasteiger partial charge in [-0.2, -0.15) is 0 Å². The topological polar surface area (TPSA) is 105 Å². The summed E-state index contributed by atoms with van der Waals surface area (Å²) < 4.78 is 17.5. The molecule has 0 aliphatic rings. The van der Waals surface area contributed by atoms with Crippen molar-refractivity contribution in [2.75, 3.05) is 26.1 Å². The van der Waals surface area contributed by atoms with Crippen molar-refractivity contribution in [3.8, 4) is 22.8 Å². The number of nitrogens with zero attached hydrogens (tertiary/aromatic N) is 3. The van der Waals surface area contributed by atoms with E-state index in [0.29, 0.717) is 28.1 Å². The number of carbonyl (C=O) groups excluding carboxylic acids is 2. The van der Waals surface area contributed by atoms with Crippen LogP contribution in [-0.4, -0.2) is 47.2 Å². The highest BCUT2D eigenvalue weighted by Gasteiger charge is 2.15. The summed E-state index contributed by atoms with van der Waals surface area (Å²) in [6.07, 6.45) is 0. The molecule has 0 saturated heterocycles. The maximum Gasteiger partial charge on any atom is 0.326 e. The molecule has 0 unspecified atom stereocenters. The molecule has 2 aromatic carbocycles. The van der Waals surface area contributed by atoms with Crippen LogP contribution in [0.2, 0.25) is 0 Å². The molecule has 4 rings (SSSR count). The van der Waals surface area contributed by atoms with Crippen LogP contribution < -0.4 is 14.8 Å². The molecule has 10 heteroatoms. The highest BCUT2D eigenvalue weighted by atomic mass is 32.1. The maximum atomic E-state index is 12.3. The molecule has 0 radical (unpaired) electrons. The third kappa shape index (κ3) is 4.96. The van der Waals surface area contributed by atoms with Gasteiger partial charge in [-0.25, -0.2) is 9.97 Å². The number of methoxy groups -OCH3 is 2. The number of rotatable bonds is 8. The lowest BCUT2D eigenvalue weighted by molar-refractivity contribution is -0.147. The monoisotopic (exact) mass is 466 g/mol.